The quantitative estimate of drug-likeness (QED) is 0.348. The van der Waals surface area contributed by atoms with Gasteiger partial charge in [0.05, 0.1) is 12.5 Å². The molecule has 3 amide bonds. The maximum Gasteiger partial charge on any atom is 0.321 e. The Morgan fingerprint density at radius 1 is 0.974 bits per heavy atom. The van der Waals surface area contributed by atoms with Crippen LogP contribution in [0.3, 0.4) is 0 Å². The van der Waals surface area contributed by atoms with Gasteiger partial charge in [-0.15, -0.1) is 0 Å². The van der Waals surface area contributed by atoms with E-state index < -0.39 is 0 Å². The number of urea groups is 1. The van der Waals surface area contributed by atoms with Crippen molar-refractivity contribution in [1.82, 2.24) is 9.80 Å². The number of anilines is 1. The zero-order chi connectivity index (χ0) is 28.4. The molecule has 7 nitrogen and oxygen atoms in total. The van der Waals surface area contributed by atoms with Gasteiger partial charge in [-0.2, -0.15) is 0 Å². The number of piperidine rings is 1. The fourth-order valence-electron chi connectivity index (χ4n) is 5.15. The summed E-state index contributed by atoms with van der Waals surface area (Å²) in [5.74, 6) is -0.0349. The number of benzene rings is 2. The number of nitrogens with zero attached hydrogens (tertiary/aromatic N) is 2. The van der Waals surface area contributed by atoms with Crippen LogP contribution >= 0.6 is 0 Å². The molecule has 0 bridgehead atoms. The zero-order valence-electron chi connectivity index (χ0n) is 24.2. The molecule has 1 N–H and O–H groups in total. The van der Waals surface area contributed by atoms with E-state index in [1.54, 1.807) is 16.7 Å². The smallest absolute Gasteiger partial charge is 0.321 e. The van der Waals surface area contributed by atoms with Crippen LogP contribution in [-0.2, 0) is 20.7 Å². The second-order valence-corrected chi connectivity index (χ2v) is 11.0. The number of amides is 3. The summed E-state index contributed by atoms with van der Waals surface area (Å²) in [7, 11) is 0. The van der Waals surface area contributed by atoms with Crippen LogP contribution < -0.4 is 5.32 Å². The summed E-state index contributed by atoms with van der Waals surface area (Å²) < 4.78 is 5.18. The lowest BCUT2D eigenvalue weighted by Crippen LogP contribution is -2.45. The van der Waals surface area contributed by atoms with Crippen LogP contribution in [0.1, 0.15) is 82.4 Å². The molecule has 39 heavy (non-hydrogen) atoms. The lowest BCUT2D eigenvalue weighted by Gasteiger charge is -2.32. The summed E-state index contributed by atoms with van der Waals surface area (Å²) in [6.07, 6.45) is 2.42. The molecule has 0 saturated carbocycles. The number of hydrogen-bond acceptors (Lipinski definition) is 4. The van der Waals surface area contributed by atoms with Crippen molar-refractivity contribution in [2.24, 2.45) is 5.92 Å². The number of ether oxygens (including phenoxy) is 1. The molecule has 1 unspecified atom stereocenters. The first-order valence-electron chi connectivity index (χ1n) is 14.4. The Morgan fingerprint density at radius 2 is 1.64 bits per heavy atom. The topological polar surface area (TPSA) is 79.0 Å². The van der Waals surface area contributed by atoms with Crippen LogP contribution in [0.25, 0.3) is 0 Å². The molecule has 1 saturated heterocycles. The van der Waals surface area contributed by atoms with Crippen LogP contribution in [0, 0.1) is 5.92 Å². The normalized spacial score (nSPS) is 15.4. The van der Waals surface area contributed by atoms with Crippen molar-refractivity contribution in [1.29, 1.82) is 0 Å². The number of rotatable bonds is 11. The molecule has 0 aliphatic carbocycles. The largest absolute Gasteiger partial charge is 0.466 e. The van der Waals surface area contributed by atoms with Crippen molar-refractivity contribution >= 4 is 23.6 Å². The fraction of sp³-hybridized carbons (Fsp3) is 0.531. The molecule has 1 heterocycles. The Hall–Kier alpha value is -3.35. The van der Waals surface area contributed by atoms with Gasteiger partial charge in [0, 0.05) is 38.3 Å². The van der Waals surface area contributed by atoms with Crippen LogP contribution in [0.4, 0.5) is 10.5 Å². The predicted octanol–water partition coefficient (Wildman–Crippen LogP) is 6.20. The van der Waals surface area contributed by atoms with Gasteiger partial charge in [-0.3, -0.25) is 9.59 Å². The molecular formula is C32H45N3O4. The van der Waals surface area contributed by atoms with Crippen LogP contribution in [0.2, 0.25) is 0 Å². The third-order valence-electron chi connectivity index (χ3n) is 7.39. The maximum atomic E-state index is 13.7. The molecule has 1 atom stereocenters. The SMILES string of the molecule is CCOC(=O)C1CCCN(C(=O)CCN(CCc2ccccc2)C(=O)Nc2c(C(C)C)cccc2C(C)C)C1. The van der Waals surface area contributed by atoms with E-state index in [1.807, 2.05) is 24.3 Å². The summed E-state index contributed by atoms with van der Waals surface area (Å²) in [5, 5.41) is 3.22. The third kappa shape index (κ3) is 8.57. The number of likely N-dealkylation sites (tertiary alicyclic amines) is 1. The molecule has 7 heteroatoms. The Kier molecular flexibility index (Phi) is 11.4. The molecule has 1 aliphatic heterocycles. The highest BCUT2D eigenvalue weighted by molar-refractivity contribution is 5.92. The maximum absolute atomic E-state index is 13.7. The average Bonchev–Trinajstić information content (AvgIpc) is 2.93. The first-order chi connectivity index (χ1) is 18.7. The average molecular weight is 536 g/mol. The highest BCUT2D eigenvalue weighted by Gasteiger charge is 2.30. The van der Waals surface area contributed by atoms with E-state index in [0.29, 0.717) is 39.2 Å². The highest BCUT2D eigenvalue weighted by Crippen LogP contribution is 2.32. The van der Waals surface area contributed by atoms with Gasteiger partial charge in [0.25, 0.3) is 0 Å². The van der Waals surface area contributed by atoms with Crippen molar-refractivity contribution in [3.8, 4) is 0 Å². The monoisotopic (exact) mass is 535 g/mol. The Morgan fingerprint density at radius 3 is 2.26 bits per heavy atom. The van der Waals surface area contributed by atoms with Gasteiger partial charge < -0.3 is 19.9 Å². The van der Waals surface area contributed by atoms with Crippen molar-refractivity contribution < 1.29 is 19.1 Å². The minimum Gasteiger partial charge on any atom is -0.466 e. The van der Waals surface area contributed by atoms with E-state index in [-0.39, 0.29) is 42.1 Å². The lowest BCUT2D eigenvalue weighted by atomic mass is 9.93. The Bertz CT molecular complexity index is 1070. The minimum absolute atomic E-state index is 0.0352. The predicted molar refractivity (Wildman–Crippen MR) is 156 cm³/mol. The van der Waals surface area contributed by atoms with Crippen molar-refractivity contribution in [3.63, 3.8) is 0 Å². The fourth-order valence-corrected chi connectivity index (χ4v) is 5.15. The molecular weight excluding hydrogens is 490 g/mol. The molecule has 2 aromatic carbocycles. The highest BCUT2D eigenvalue weighted by atomic mass is 16.5. The molecule has 1 fully saturated rings. The van der Waals surface area contributed by atoms with Crippen molar-refractivity contribution in [2.75, 3.05) is 38.1 Å². The van der Waals surface area contributed by atoms with E-state index in [4.69, 9.17) is 4.74 Å². The first kappa shape index (κ1) is 30.2. The Labute approximate surface area is 233 Å². The van der Waals surface area contributed by atoms with Gasteiger partial charge in [-0.05, 0) is 54.7 Å². The van der Waals surface area contributed by atoms with E-state index in [2.05, 4.69) is 57.3 Å². The second-order valence-electron chi connectivity index (χ2n) is 11.0. The molecule has 1 aliphatic rings. The van der Waals surface area contributed by atoms with Crippen molar-refractivity contribution in [3.05, 3.63) is 65.2 Å². The molecule has 3 rings (SSSR count). The van der Waals surface area contributed by atoms with E-state index in [1.165, 1.54) is 0 Å². The van der Waals surface area contributed by atoms with E-state index in [9.17, 15) is 14.4 Å². The van der Waals surface area contributed by atoms with Gasteiger partial charge in [-0.25, -0.2) is 4.79 Å². The summed E-state index contributed by atoms with van der Waals surface area (Å²) in [6.45, 7) is 12.5. The van der Waals surface area contributed by atoms with Crippen LogP contribution in [0.5, 0.6) is 0 Å². The van der Waals surface area contributed by atoms with Gasteiger partial charge >= 0.3 is 12.0 Å². The number of para-hydroxylation sites is 1. The second kappa shape index (κ2) is 14.7. The van der Waals surface area contributed by atoms with E-state index in [0.717, 1.165) is 35.2 Å². The van der Waals surface area contributed by atoms with Crippen LogP contribution in [-0.4, -0.2) is 60.5 Å². The molecule has 212 valence electrons. The van der Waals surface area contributed by atoms with Gasteiger partial charge in [0.2, 0.25) is 5.91 Å². The van der Waals surface area contributed by atoms with Gasteiger partial charge in [-0.1, -0.05) is 76.2 Å². The van der Waals surface area contributed by atoms with E-state index >= 15 is 0 Å². The third-order valence-corrected chi connectivity index (χ3v) is 7.39. The molecule has 2 aromatic rings. The molecule has 0 spiro atoms. The summed E-state index contributed by atoms with van der Waals surface area (Å²) in [6, 6.07) is 16.1. The lowest BCUT2D eigenvalue weighted by molar-refractivity contribution is -0.151. The van der Waals surface area contributed by atoms with Crippen LogP contribution in [0.15, 0.2) is 48.5 Å². The first-order valence-corrected chi connectivity index (χ1v) is 14.4. The number of carbonyl (C=O) groups is 3. The molecule has 0 radical (unpaired) electrons. The van der Waals surface area contributed by atoms with Crippen molar-refractivity contribution in [2.45, 2.75) is 72.1 Å². The molecule has 0 aromatic heterocycles. The summed E-state index contributed by atoms with van der Waals surface area (Å²) in [4.78, 5) is 42.6. The summed E-state index contributed by atoms with van der Waals surface area (Å²) >= 11 is 0. The van der Waals surface area contributed by atoms with Gasteiger partial charge in [0.15, 0.2) is 0 Å². The number of carbonyl (C=O) groups excluding carboxylic acids is 3. The van der Waals surface area contributed by atoms with Gasteiger partial charge in [0.1, 0.15) is 0 Å². The Balaban J connectivity index is 1.74. The standard InChI is InChI=1S/C32H45N3O4/c1-6-39-31(37)26-14-11-19-35(22-26)29(36)18-21-34(20-17-25-12-8-7-9-13-25)32(38)33-30-27(23(2)3)15-10-16-28(30)24(4)5/h7-10,12-13,15-16,23-24,26H,6,11,14,17-22H2,1-5H3,(H,33,38). The number of esters is 1. The summed E-state index contributed by atoms with van der Waals surface area (Å²) in [5.41, 5.74) is 4.22. The minimum atomic E-state index is -0.276. The number of nitrogens with one attached hydrogen (secondary N) is 1. The number of hydrogen-bond donors (Lipinski definition) is 1. The zero-order valence-corrected chi connectivity index (χ0v) is 24.2.